The van der Waals surface area contributed by atoms with Crippen LogP contribution in [0.15, 0.2) is 60.7 Å². The molecule has 1 unspecified atom stereocenters. The molecule has 4 nitrogen and oxygen atoms in total. The molecule has 0 aliphatic carbocycles. The molecule has 0 amide bonds. The van der Waals surface area contributed by atoms with Crippen LogP contribution in [0.2, 0.25) is 0 Å². The average Bonchev–Trinajstić information content (AvgIpc) is 2.69. The van der Waals surface area contributed by atoms with Crippen molar-refractivity contribution in [3.05, 3.63) is 71.8 Å². The molecular weight excluding hydrogens is 344 g/mol. The van der Waals surface area contributed by atoms with Crippen LogP contribution in [0.4, 0.5) is 0 Å². The Morgan fingerprint density at radius 3 is 2.38 bits per heavy atom. The number of thiocarbonyl (C=S) groups is 1. The predicted molar refractivity (Wildman–Crippen MR) is 108 cm³/mol. The van der Waals surface area contributed by atoms with E-state index in [1.54, 1.807) is 0 Å². The molecule has 0 bridgehead atoms. The van der Waals surface area contributed by atoms with E-state index in [1.165, 1.54) is 0 Å². The Labute approximate surface area is 159 Å². The van der Waals surface area contributed by atoms with Crippen LogP contribution in [0.3, 0.4) is 0 Å². The SMILES string of the molecule is O=C(O)[C@H](Cc1ccccc1)NC(=S)C1(c2ccccc2)CCCNC1. The second kappa shape index (κ2) is 8.43. The fraction of sp³-hybridized carbons (Fsp3) is 0.333. The second-order valence-corrected chi connectivity index (χ2v) is 7.19. The lowest BCUT2D eigenvalue weighted by Gasteiger charge is -2.40. The quantitative estimate of drug-likeness (QED) is 0.685. The fourth-order valence-corrected chi connectivity index (χ4v) is 4.01. The van der Waals surface area contributed by atoms with Gasteiger partial charge in [0.1, 0.15) is 6.04 Å². The summed E-state index contributed by atoms with van der Waals surface area (Å²) in [7, 11) is 0. The van der Waals surface area contributed by atoms with Gasteiger partial charge in [-0.1, -0.05) is 72.9 Å². The highest BCUT2D eigenvalue weighted by atomic mass is 32.1. The first kappa shape index (κ1) is 18.5. The molecule has 2 aromatic carbocycles. The van der Waals surface area contributed by atoms with Crippen molar-refractivity contribution in [1.29, 1.82) is 0 Å². The van der Waals surface area contributed by atoms with Gasteiger partial charge in [0.15, 0.2) is 0 Å². The molecule has 0 spiro atoms. The third kappa shape index (κ3) is 4.11. The first-order valence-electron chi connectivity index (χ1n) is 8.96. The van der Waals surface area contributed by atoms with Gasteiger partial charge in [0.2, 0.25) is 0 Å². The third-order valence-corrected chi connectivity index (χ3v) is 5.54. The highest BCUT2D eigenvalue weighted by molar-refractivity contribution is 7.80. The zero-order valence-electron chi connectivity index (χ0n) is 14.7. The molecule has 26 heavy (non-hydrogen) atoms. The molecule has 1 saturated heterocycles. The maximum atomic E-state index is 11.8. The van der Waals surface area contributed by atoms with Crippen molar-refractivity contribution < 1.29 is 9.90 Å². The smallest absolute Gasteiger partial charge is 0.326 e. The van der Waals surface area contributed by atoms with E-state index in [0.29, 0.717) is 11.4 Å². The summed E-state index contributed by atoms with van der Waals surface area (Å²) >= 11 is 5.77. The summed E-state index contributed by atoms with van der Waals surface area (Å²) in [6, 6.07) is 19.1. The molecule has 0 radical (unpaired) electrons. The van der Waals surface area contributed by atoms with E-state index in [9.17, 15) is 9.90 Å². The van der Waals surface area contributed by atoms with E-state index in [0.717, 1.165) is 37.1 Å². The molecular formula is C21H24N2O2S. The number of carbonyl (C=O) groups is 1. The number of carboxylic acids is 1. The maximum absolute atomic E-state index is 11.8. The Balaban J connectivity index is 1.83. The Hall–Kier alpha value is -2.24. The summed E-state index contributed by atoms with van der Waals surface area (Å²) in [6.07, 6.45) is 2.31. The summed E-state index contributed by atoms with van der Waals surface area (Å²) < 4.78 is 0. The minimum Gasteiger partial charge on any atom is -0.480 e. The van der Waals surface area contributed by atoms with Crippen LogP contribution in [0.1, 0.15) is 24.0 Å². The number of hydrogen-bond acceptors (Lipinski definition) is 3. The van der Waals surface area contributed by atoms with Crippen LogP contribution >= 0.6 is 12.2 Å². The van der Waals surface area contributed by atoms with E-state index in [-0.39, 0.29) is 5.41 Å². The first-order valence-corrected chi connectivity index (χ1v) is 9.36. The average molecular weight is 369 g/mol. The van der Waals surface area contributed by atoms with Gasteiger partial charge in [0.05, 0.1) is 10.4 Å². The number of aliphatic carboxylic acids is 1. The topological polar surface area (TPSA) is 61.4 Å². The minimum absolute atomic E-state index is 0.362. The highest BCUT2D eigenvalue weighted by Crippen LogP contribution is 2.32. The molecule has 1 heterocycles. The lowest BCUT2D eigenvalue weighted by atomic mass is 9.74. The van der Waals surface area contributed by atoms with Crippen molar-refractivity contribution >= 4 is 23.2 Å². The highest BCUT2D eigenvalue weighted by Gasteiger charge is 2.39. The molecule has 1 fully saturated rings. The Bertz CT molecular complexity index is 743. The van der Waals surface area contributed by atoms with Crippen molar-refractivity contribution in [2.45, 2.75) is 30.7 Å². The minimum atomic E-state index is -0.886. The third-order valence-electron chi connectivity index (χ3n) is 5.03. The van der Waals surface area contributed by atoms with Crippen molar-refractivity contribution in [1.82, 2.24) is 10.6 Å². The molecule has 1 aliphatic heterocycles. The molecule has 5 heteroatoms. The van der Waals surface area contributed by atoms with Crippen LogP contribution < -0.4 is 10.6 Å². The van der Waals surface area contributed by atoms with Gasteiger partial charge in [-0.15, -0.1) is 0 Å². The molecule has 0 saturated carbocycles. The number of hydrogen-bond donors (Lipinski definition) is 3. The largest absolute Gasteiger partial charge is 0.480 e. The van der Waals surface area contributed by atoms with E-state index >= 15 is 0 Å². The number of carboxylic acid groups (broad SMARTS) is 1. The molecule has 3 N–H and O–H groups in total. The van der Waals surface area contributed by atoms with Gasteiger partial charge in [-0.2, -0.15) is 0 Å². The van der Waals surface area contributed by atoms with Crippen LogP contribution in [0.5, 0.6) is 0 Å². The maximum Gasteiger partial charge on any atom is 0.326 e. The number of benzene rings is 2. The fourth-order valence-electron chi connectivity index (χ4n) is 3.58. The monoisotopic (exact) mass is 368 g/mol. The van der Waals surface area contributed by atoms with Crippen molar-refractivity contribution in [3.8, 4) is 0 Å². The Kier molecular flexibility index (Phi) is 6.01. The summed E-state index contributed by atoms with van der Waals surface area (Å²) in [6.45, 7) is 1.68. The number of nitrogens with one attached hydrogen (secondary N) is 2. The van der Waals surface area contributed by atoms with Gasteiger partial charge in [0.25, 0.3) is 0 Å². The van der Waals surface area contributed by atoms with Gasteiger partial charge in [0, 0.05) is 13.0 Å². The summed E-state index contributed by atoms with van der Waals surface area (Å²) in [4.78, 5) is 12.4. The first-order chi connectivity index (χ1) is 12.6. The lowest BCUT2D eigenvalue weighted by Crippen LogP contribution is -2.56. The van der Waals surface area contributed by atoms with Crippen LogP contribution in [0.25, 0.3) is 0 Å². The molecule has 2 atom stereocenters. The second-order valence-electron chi connectivity index (χ2n) is 6.78. The summed E-state index contributed by atoms with van der Waals surface area (Å²) in [5, 5.41) is 16.3. The van der Waals surface area contributed by atoms with E-state index in [4.69, 9.17) is 12.2 Å². The van der Waals surface area contributed by atoms with E-state index < -0.39 is 12.0 Å². The van der Waals surface area contributed by atoms with Gasteiger partial charge in [-0.3, -0.25) is 0 Å². The zero-order chi connectivity index (χ0) is 18.4. The van der Waals surface area contributed by atoms with Gasteiger partial charge >= 0.3 is 5.97 Å². The van der Waals surface area contributed by atoms with Gasteiger partial charge in [-0.25, -0.2) is 4.79 Å². The Morgan fingerprint density at radius 1 is 1.15 bits per heavy atom. The van der Waals surface area contributed by atoms with Gasteiger partial charge < -0.3 is 15.7 Å². The summed E-state index contributed by atoms with van der Waals surface area (Å²) in [5.41, 5.74) is 1.75. The number of rotatable bonds is 6. The van der Waals surface area contributed by atoms with E-state index in [2.05, 4.69) is 22.8 Å². The van der Waals surface area contributed by atoms with Crippen molar-refractivity contribution in [2.24, 2.45) is 0 Å². The molecule has 3 rings (SSSR count). The predicted octanol–water partition coefficient (Wildman–Crippen LogP) is 2.92. The summed E-state index contributed by atoms with van der Waals surface area (Å²) in [5.74, 6) is -0.886. The number of piperidine rings is 1. The van der Waals surface area contributed by atoms with Crippen molar-refractivity contribution in [3.63, 3.8) is 0 Å². The van der Waals surface area contributed by atoms with Crippen LogP contribution in [-0.2, 0) is 16.6 Å². The zero-order valence-corrected chi connectivity index (χ0v) is 15.5. The van der Waals surface area contributed by atoms with Crippen LogP contribution in [-0.4, -0.2) is 35.2 Å². The molecule has 2 aromatic rings. The van der Waals surface area contributed by atoms with E-state index in [1.807, 2.05) is 48.5 Å². The Morgan fingerprint density at radius 2 is 1.81 bits per heavy atom. The standard InChI is InChI=1S/C21H24N2O2S/c24-19(25)18(14-16-8-3-1-4-9-16)23-20(26)21(12-7-13-22-15-21)17-10-5-2-6-11-17/h1-6,8-11,18,22H,7,12-15H2,(H,23,26)(H,24,25)/t18-,21?/m0/s1. The normalized spacial score (nSPS) is 20.9. The molecule has 136 valence electrons. The van der Waals surface area contributed by atoms with Crippen molar-refractivity contribution in [2.75, 3.05) is 13.1 Å². The van der Waals surface area contributed by atoms with Crippen LogP contribution in [0, 0.1) is 0 Å². The molecule has 1 aliphatic rings. The molecule has 0 aromatic heterocycles. The van der Waals surface area contributed by atoms with Gasteiger partial charge in [-0.05, 0) is 30.5 Å². The lowest BCUT2D eigenvalue weighted by molar-refractivity contribution is -0.139.